The Morgan fingerprint density at radius 2 is 1.73 bits per heavy atom. The molecule has 1 nitrogen and oxygen atoms in total. The Hall–Kier alpha value is -1.31. The number of fused-ring (bicyclic) bond motifs is 1. The van der Waals surface area contributed by atoms with Gasteiger partial charge in [0.15, 0.2) is 0 Å². The van der Waals surface area contributed by atoms with E-state index in [4.69, 9.17) is 5.73 Å². The van der Waals surface area contributed by atoms with Gasteiger partial charge in [0.25, 0.3) is 0 Å². The molecule has 4 rings (SSSR count). The Labute approximate surface area is 164 Å². The van der Waals surface area contributed by atoms with E-state index in [-0.39, 0.29) is 17.8 Å². The van der Waals surface area contributed by atoms with Crippen LogP contribution in [0, 0.1) is 6.92 Å². The minimum absolute atomic E-state index is 0. The average Bonchev–Trinajstić information content (AvgIpc) is 2.68. The summed E-state index contributed by atoms with van der Waals surface area (Å²) < 4.78 is 0. The van der Waals surface area contributed by atoms with Crippen molar-refractivity contribution in [2.45, 2.75) is 69.6 Å². The molecule has 0 amide bonds. The van der Waals surface area contributed by atoms with Gasteiger partial charge < -0.3 is 5.73 Å². The molecule has 2 aliphatic rings. The SMILES string of the molecule is Cc1cccc([C@]2(CN)CC[C@H](c3cccc4c3CCCC4)CC2)c1.Cl. The van der Waals surface area contributed by atoms with Crippen LogP contribution in [0.2, 0.25) is 0 Å². The van der Waals surface area contributed by atoms with Crippen LogP contribution in [0.15, 0.2) is 42.5 Å². The van der Waals surface area contributed by atoms with Crippen LogP contribution in [0.1, 0.15) is 72.3 Å². The van der Waals surface area contributed by atoms with E-state index in [9.17, 15) is 0 Å². The molecule has 0 bridgehead atoms. The Morgan fingerprint density at radius 3 is 2.46 bits per heavy atom. The van der Waals surface area contributed by atoms with Gasteiger partial charge in [-0.15, -0.1) is 12.4 Å². The van der Waals surface area contributed by atoms with Crippen molar-refractivity contribution in [3.8, 4) is 0 Å². The second-order valence-electron chi connectivity index (χ2n) is 8.32. The number of hydrogen-bond acceptors (Lipinski definition) is 1. The number of hydrogen-bond donors (Lipinski definition) is 1. The molecule has 2 N–H and O–H groups in total. The van der Waals surface area contributed by atoms with Crippen LogP contribution in [0.4, 0.5) is 0 Å². The van der Waals surface area contributed by atoms with Gasteiger partial charge in [0.1, 0.15) is 0 Å². The number of nitrogens with two attached hydrogens (primary N) is 1. The fourth-order valence-electron chi connectivity index (χ4n) is 5.26. The summed E-state index contributed by atoms with van der Waals surface area (Å²) in [4.78, 5) is 0. The summed E-state index contributed by atoms with van der Waals surface area (Å²) in [5.74, 6) is 0.734. The van der Waals surface area contributed by atoms with Gasteiger partial charge in [-0.25, -0.2) is 0 Å². The van der Waals surface area contributed by atoms with E-state index < -0.39 is 0 Å². The van der Waals surface area contributed by atoms with Crippen molar-refractivity contribution < 1.29 is 0 Å². The van der Waals surface area contributed by atoms with Crippen LogP contribution < -0.4 is 5.73 Å². The molecule has 0 spiro atoms. The number of aryl methyl sites for hydroxylation is 2. The summed E-state index contributed by atoms with van der Waals surface area (Å²) >= 11 is 0. The van der Waals surface area contributed by atoms with Crippen molar-refractivity contribution in [3.63, 3.8) is 0 Å². The molecule has 0 saturated heterocycles. The molecule has 140 valence electrons. The van der Waals surface area contributed by atoms with Gasteiger partial charge in [-0.3, -0.25) is 0 Å². The summed E-state index contributed by atoms with van der Waals surface area (Å²) in [6, 6.07) is 16.1. The van der Waals surface area contributed by atoms with Crippen LogP contribution in [0.25, 0.3) is 0 Å². The van der Waals surface area contributed by atoms with Crippen molar-refractivity contribution >= 4 is 12.4 Å². The van der Waals surface area contributed by atoms with Gasteiger partial charge in [0.2, 0.25) is 0 Å². The molecular weight excluding hydrogens is 338 g/mol. The van der Waals surface area contributed by atoms with Crippen molar-refractivity contribution in [2.75, 3.05) is 6.54 Å². The normalized spacial score (nSPS) is 25.2. The van der Waals surface area contributed by atoms with Crippen LogP contribution >= 0.6 is 12.4 Å². The molecule has 1 saturated carbocycles. The number of benzene rings is 2. The van der Waals surface area contributed by atoms with E-state index in [0.29, 0.717) is 0 Å². The third-order valence-electron chi connectivity index (χ3n) is 6.84. The molecule has 0 heterocycles. The summed E-state index contributed by atoms with van der Waals surface area (Å²) in [6.45, 7) is 2.96. The molecule has 0 aromatic heterocycles. The van der Waals surface area contributed by atoms with Gasteiger partial charge in [0, 0.05) is 12.0 Å². The van der Waals surface area contributed by atoms with Gasteiger partial charge in [0.05, 0.1) is 0 Å². The van der Waals surface area contributed by atoms with E-state index in [1.54, 1.807) is 16.7 Å². The Balaban J connectivity index is 0.00000196. The Kier molecular flexibility index (Phi) is 6.10. The first-order chi connectivity index (χ1) is 12.2. The quantitative estimate of drug-likeness (QED) is 0.721. The summed E-state index contributed by atoms with van der Waals surface area (Å²) in [6.07, 6.45) is 10.3. The molecular formula is C24H32ClN. The second-order valence-corrected chi connectivity index (χ2v) is 8.32. The number of rotatable bonds is 3. The van der Waals surface area contributed by atoms with Gasteiger partial charge in [-0.1, -0.05) is 48.0 Å². The van der Waals surface area contributed by atoms with Crippen molar-refractivity contribution in [3.05, 3.63) is 70.3 Å². The van der Waals surface area contributed by atoms with Crippen molar-refractivity contribution in [2.24, 2.45) is 5.73 Å². The lowest BCUT2D eigenvalue weighted by Gasteiger charge is -2.41. The molecule has 2 aromatic carbocycles. The largest absolute Gasteiger partial charge is 0.330 e. The fraction of sp³-hybridized carbons (Fsp3) is 0.500. The lowest BCUT2D eigenvalue weighted by atomic mass is 9.64. The van der Waals surface area contributed by atoms with Crippen LogP contribution in [0.3, 0.4) is 0 Å². The Bertz CT molecular complexity index is 744. The maximum Gasteiger partial charge on any atom is 0.00761 e. The highest BCUT2D eigenvalue weighted by molar-refractivity contribution is 5.85. The van der Waals surface area contributed by atoms with Gasteiger partial charge in [-0.05, 0) is 86.5 Å². The van der Waals surface area contributed by atoms with Crippen LogP contribution in [-0.4, -0.2) is 6.54 Å². The predicted molar refractivity (Wildman–Crippen MR) is 113 cm³/mol. The molecule has 0 radical (unpaired) electrons. The third kappa shape index (κ3) is 3.57. The minimum Gasteiger partial charge on any atom is -0.330 e. The molecule has 1 fully saturated rings. The van der Waals surface area contributed by atoms with E-state index in [0.717, 1.165) is 12.5 Å². The Morgan fingerprint density at radius 1 is 1.00 bits per heavy atom. The maximum absolute atomic E-state index is 6.32. The highest BCUT2D eigenvalue weighted by Gasteiger charge is 2.36. The topological polar surface area (TPSA) is 26.0 Å². The molecule has 26 heavy (non-hydrogen) atoms. The molecule has 0 aliphatic heterocycles. The van der Waals surface area contributed by atoms with E-state index >= 15 is 0 Å². The smallest absolute Gasteiger partial charge is 0.00761 e. The van der Waals surface area contributed by atoms with E-state index in [1.807, 2.05) is 0 Å². The summed E-state index contributed by atoms with van der Waals surface area (Å²) in [7, 11) is 0. The maximum atomic E-state index is 6.32. The lowest BCUT2D eigenvalue weighted by molar-refractivity contribution is 0.275. The van der Waals surface area contributed by atoms with Crippen molar-refractivity contribution in [1.82, 2.24) is 0 Å². The zero-order valence-corrected chi connectivity index (χ0v) is 16.8. The standard InChI is InChI=1S/C24H31N.ClH/c1-18-6-4-9-21(16-18)24(17-25)14-12-20(13-15-24)23-11-5-8-19-7-2-3-10-22(19)23;/h4-6,8-9,11,16,20H,2-3,7,10,12-15,17,25H2,1H3;1H/t20-,24+;. The van der Waals surface area contributed by atoms with E-state index in [1.165, 1.54) is 62.5 Å². The zero-order chi connectivity index (χ0) is 17.3. The monoisotopic (exact) mass is 369 g/mol. The lowest BCUT2D eigenvalue weighted by Crippen LogP contribution is -2.38. The van der Waals surface area contributed by atoms with Gasteiger partial charge >= 0.3 is 0 Å². The first kappa shape index (κ1) is 19.5. The van der Waals surface area contributed by atoms with Crippen LogP contribution in [-0.2, 0) is 18.3 Å². The highest BCUT2D eigenvalue weighted by Crippen LogP contribution is 2.46. The molecule has 0 unspecified atom stereocenters. The van der Waals surface area contributed by atoms with Crippen LogP contribution in [0.5, 0.6) is 0 Å². The number of halogens is 1. The minimum atomic E-state index is 0. The second kappa shape index (κ2) is 8.15. The summed E-state index contributed by atoms with van der Waals surface area (Å²) in [5, 5.41) is 0. The average molecular weight is 370 g/mol. The highest BCUT2D eigenvalue weighted by atomic mass is 35.5. The molecule has 0 atom stereocenters. The third-order valence-corrected chi connectivity index (χ3v) is 6.84. The first-order valence-corrected chi connectivity index (χ1v) is 10.1. The predicted octanol–water partition coefficient (Wildman–Crippen LogP) is 5.85. The molecule has 2 aliphatic carbocycles. The van der Waals surface area contributed by atoms with E-state index in [2.05, 4.69) is 49.4 Å². The first-order valence-electron chi connectivity index (χ1n) is 10.1. The van der Waals surface area contributed by atoms with Crippen molar-refractivity contribution in [1.29, 1.82) is 0 Å². The zero-order valence-electron chi connectivity index (χ0n) is 16.0. The summed E-state index contributed by atoms with van der Waals surface area (Å²) in [5.41, 5.74) is 14.3. The van der Waals surface area contributed by atoms with Gasteiger partial charge in [-0.2, -0.15) is 0 Å². The molecule has 2 heteroatoms. The fourth-order valence-corrected chi connectivity index (χ4v) is 5.26. The molecule has 2 aromatic rings.